The summed E-state index contributed by atoms with van der Waals surface area (Å²) in [6.45, 7) is 4.37. The van der Waals surface area contributed by atoms with E-state index in [1.807, 2.05) is 6.08 Å². The number of amides is 1. The highest BCUT2D eigenvalue weighted by Crippen LogP contribution is 2.24. The highest BCUT2D eigenvalue weighted by Gasteiger charge is 2.44. The maximum absolute atomic E-state index is 13.0. The summed E-state index contributed by atoms with van der Waals surface area (Å²) in [7, 11) is 0. The number of allylic oxidation sites excluding steroid dienone is 3. The maximum atomic E-state index is 13.0. The van der Waals surface area contributed by atoms with Crippen LogP contribution in [-0.4, -0.2) is 100 Å². The molecule has 7 atom stereocenters. The Hall–Kier alpha value is -1.86. The first-order chi connectivity index (χ1) is 41.7. The van der Waals surface area contributed by atoms with Crippen LogP contribution in [0.15, 0.2) is 24.3 Å². The molecule has 1 aliphatic heterocycles. The third kappa shape index (κ3) is 52.6. The fourth-order valence-corrected chi connectivity index (χ4v) is 12.0. The lowest BCUT2D eigenvalue weighted by Gasteiger charge is -2.40. The van der Waals surface area contributed by atoms with Gasteiger partial charge in [-0.2, -0.15) is 0 Å². The topological polar surface area (TPSA) is 175 Å². The number of unbranched alkanes of at least 4 members (excludes halogenated alkanes) is 50. The molecule has 0 saturated carbocycles. The lowest BCUT2D eigenvalue weighted by atomic mass is 9.99. The van der Waals surface area contributed by atoms with E-state index < -0.39 is 49.5 Å². The van der Waals surface area contributed by atoms with E-state index in [2.05, 4.69) is 31.3 Å². The molecule has 1 aliphatic rings. The minimum Gasteiger partial charge on any atom is -0.466 e. The van der Waals surface area contributed by atoms with E-state index >= 15 is 0 Å². The molecule has 1 heterocycles. The first-order valence-corrected chi connectivity index (χ1v) is 37.1. The Morgan fingerprint density at radius 2 is 0.753 bits per heavy atom. The standard InChI is InChI=1S/C74H141NO10/c1-3-5-7-9-11-13-15-42-46-50-54-58-62-70(79)83-63-59-55-51-47-43-40-38-36-34-32-30-28-26-24-22-20-18-16-17-19-21-23-25-27-29-31-33-35-37-39-41-45-49-53-57-61-69(78)75-66(65-84-74-73(82)72(81)71(80)68(64-76)85-74)67(77)60-56-52-48-44-14-12-10-8-6-4-2/h18,20,56,60,66-68,71-74,76-77,80-82H,3-17,19,21-55,57-59,61-65H2,1-2H3,(H,75,78)/b20-18-,60-56+. The maximum Gasteiger partial charge on any atom is 0.305 e. The number of aliphatic hydroxyl groups excluding tert-OH is 5. The Labute approximate surface area is 524 Å². The van der Waals surface area contributed by atoms with E-state index in [4.69, 9.17) is 14.2 Å². The van der Waals surface area contributed by atoms with Gasteiger partial charge in [0.2, 0.25) is 5.91 Å². The summed E-state index contributed by atoms with van der Waals surface area (Å²) in [5.41, 5.74) is 0. The van der Waals surface area contributed by atoms with Crippen molar-refractivity contribution in [2.75, 3.05) is 19.8 Å². The van der Waals surface area contributed by atoms with Crippen molar-refractivity contribution in [3.05, 3.63) is 24.3 Å². The van der Waals surface area contributed by atoms with Crippen molar-refractivity contribution >= 4 is 11.9 Å². The third-order valence-corrected chi connectivity index (χ3v) is 17.8. The van der Waals surface area contributed by atoms with E-state index in [1.54, 1.807) is 6.08 Å². The number of hydrogen-bond acceptors (Lipinski definition) is 10. The van der Waals surface area contributed by atoms with Gasteiger partial charge in [0.15, 0.2) is 6.29 Å². The number of carbonyl (C=O) groups excluding carboxylic acids is 2. The monoisotopic (exact) mass is 1200 g/mol. The summed E-state index contributed by atoms with van der Waals surface area (Å²) >= 11 is 0. The van der Waals surface area contributed by atoms with E-state index in [0.29, 0.717) is 19.4 Å². The lowest BCUT2D eigenvalue weighted by molar-refractivity contribution is -0.302. The molecule has 1 saturated heterocycles. The quantitative estimate of drug-likeness (QED) is 0.0195. The van der Waals surface area contributed by atoms with E-state index in [0.717, 1.165) is 51.4 Å². The molecule has 11 heteroatoms. The molecule has 6 N–H and O–H groups in total. The number of rotatable bonds is 66. The van der Waals surface area contributed by atoms with E-state index in [1.165, 1.54) is 295 Å². The van der Waals surface area contributed by atoms with Crippen LogP contribution in [0.1, 0.15) is 373 Å². The molecule has 1 fully saturated rings. The van der Waals surface area contributed by atoms with Gasteiger partial charge in [-0.05, 0) is 57.8 Å². The minimum absolute atomic E-state index is 0.0148. The summed E-state index contributed by atoms with van der Waals surface area (Å²) in [6.07, 6.45) is 70.6. The van der Waals surface area contributed by atoms with Crippen LogP contribution < -0.4 is 5.32 Å². The molecule has 1 amide bonds. The molecule has 85 heavy (non-hydrogen) atoms. The van der Waals surface area contributed by atoms with Gasteiger partial charge in [0.05, 0.1) is 32.0 Å². The third-order valence-electron chi connectivity index (χ3n) is 17.8. The van der Waals surface area contributed by atoms with Crippen molar-refractivity contribution in [2.24, 2.45) is 0 Å². The van der Waals surface area contributed by atoms with Crippen LogP contribution >= 0.6 is 0 Å². The van der Waals surface area contributed by atoms with Crippen molar-refractivity contribution in [3.8, 4) is 0 Å². The number of carbonyl (C=O) groups is 2. The zero-order valence-corrected chi connectivity index (χ0v) is 55.8. The minimum atomic E-state index is -1.57. The van der Waals surface area contributed by atoms with E-state index in [9.17, 15) is 35.1 Å². The normalized spacial score (nSPS) is 18.0. The summed E-state index contributed by atoms with van der Waals surface area (Å²) in [6, 6.07) is -0.806. The molecule has 7 unspecified atom stereocenters. The van der Waals surface area contributed by atoms with Gasteiger partial charge in [-0.15, -0.1) is 0 Å². The molecule has 0 bridgehead atoms. The molecule has 0 radical (unpaired) electrons. The summed E-state index contributed by atoms with van der Waals surface area (Å²) in [5, 5.41) is 54.4. The van der Waals surface area contributed by atoms with Crippen LogP contribution in [0.4, 0.5) is 0 Å². The largest absolute Gasteiger partial charge is 0.466 e. The summed E-state index contributed by atoms with van der Waals surface area (Å²) in [5.74, 6) is -0.163. The second kappa shape index (κ2) is 63.7. The average Bonchev–Trinajstić information content (AvgIpc) is 3.31. The zero-order chi connectivity index (χ0) is 61.6. The lowest BCUT2D eigenvalue weighted by Crippen LogP contribution is -2.60. The summed E-state index contributed by atoms with van der Waals surface area (Å²) in [4.78, 5) is 25.1. The van der Waals surface area contributed by atoms with Crippen LogP contribution in [0, 0.1) is 0 Å². The Kier molecular flexibility index (Phi) is 60.8. The van der Waals surface area contributed by atoms with Crippen molar-refractivity contribution in [3.63, 3.8) is 0 Å². The Balaban J connectivity index is 1.90. The molecule has 0 spiro atoms. The van der Waals surface area contributed by atoms with Crippen LogP contribution in [0.5, 0.6) is 0 Å². The van der Waals surface area contributed by atoms with Crippen LogP contribution in [0.3, 0.4) is 0 Å². The van der Waals surface area contributed by atoms with Gasteiger partial charge < -0.3 is 45.1 Å². The Bertz CT molecular complexity index is 1460. The van der Waals surface area contributed by atoms with Crippen molar-refractivity contribution in [1.29, 1.82) is 0 Å². The SMILES string of the molecule is CCCCCCCCCC/C=C/C(O)C(COC1OC(CO)C(O)C(O)C1O)NC(=O)CCCCCCCCCCCCCCCCCCC/C=C\CCCCCCCCCCCCCCCCOC(=O)CCCCCCCCCCCCCC. The highest BCUT2D eigenvalue weighted by molar-refractivity contribution is 5.76. The molecular formula is C74H141NO10. The van der Waals surface area contributed by atoms with Crippen molar-refractivity contribution < 1.29 is 49.3 Å². The molecule has 0 aliphatic carbocycles. The van der Waals surface area contributed by atoms with Crippen molar-refractivity contribution in [1.82, 2.24) is 5.32 Å². The van der Waals surface area contributed by atoms with Gasteiger partial charge in [0.1, 0.15) is 24.4 Å². The zero-order valence-electron chi connectivity index (χ0n) is 55.8. The van der Waals surface area contributed by atoms with Crippen LogP contribution in [-0.2, 0) is 23.8 Å². The predicted octanol–water partition coefficient (Wildman–Crippen LogP) is 19.2. The number of aliphatic hydroxyl groups is 5. The van der Waals surface area contributed by atoms with Crippen LogP contribution in [0.2, 0.25) is 0 Å². The predicted molar refractivity (Wildman–Crippen MR) is 357 cm³/mol. The fraction of sp³-hybridized carbons (Fsp3) is 0.919. The Morgan fingerprint density at radius 1 is 0.424 bits per heavy atom. The average molecular weight is 1200 g/mol. The van der Waals surface area contributed by atoms with Gasteiger partial charge in [0.25, 0.3) is 0 Å². The molecule has 0 aromatic carbocycles. The van der Waals surface area contributed by atoms with Gasteiger partial charge >= 0.3 is 5.97 Å². The highest BCUT2D eigenvalue weighted by atomic mass is 16.7. The van der Waals surface area contributed by atoms with Crippen LogP contribution in [0.25, 0.3) is 0 Å². The second-order valence-electron chi connectivity index (χ2n) is 26.0. The fourth-order valence-electron chi connectivity index (χ4n) is 12.0. The molecule has 0 aromatic heterocycles. The molecule has 502 valence electrons. The number of hydrogen-bond donors (Lipinski definition) is 6. The number of ether oxygens (including phenoxy) is 3. The first-order valence-electron chi connectivity index (χ1n) is 37.1. The molecular weight excluding hydrogens is 1060 g/mol. The molecule has 1 rings (SSSR count). The number of esters is 1. The second-order valence-corrected chi connectivity index (χ2v) is 26.0. The summed E-state index contributed by atoms with van der Waals surface area (Å²) < 4.78 is 16.7. The smallest absolute Gasteiger partial charge is 0.305 e. The van der Waals surface area contributed by atoms with Gasteiger partial charge in [0, 0.05) is 12.8 Å². The van der Waals surface area contributed by atoms with Crippen molar-refractivity contribution in [2.45, 2.75) is 416 Å². The Morgan fingerprint density at radius 3 is 1.13 bits per heavy atom. The number of nitrogens with one attached hydrogen (secondary N) is 1. The van der Waals surface area contributed by atoms with Gasteiger partial charge in [-0.1, -0.05) is 327 Å². The first kappa shape index (κ1) is 81.2. The van der Waals surface area contributed by atoms with Gasteiger partial charge in [-0.3, -0.25) is 9.59 Å². The van der Waals surface area contributed by atoms with Gasteiger partial charge in [-0.25, -0.2) is 0 Å². The van der Waals surface area contributed by atoms with E-state index in [-0.39, 0.29) is 18.5 Å². The molecule has 0 aromatic rings. The molecule has 11 nitrogen and oxygen atoms in total.